The van der Waals surface area contributed by atoms with Crippen LogP contribution < -0.4 is 4.74 Å². The maximum absolute atomic E-state index is 6.27. The lowest BCUT2D eigenvalue weighted by atomic mass is 9.86. The van der Waals surface area contributed by atoms with Gasteiger partial charge < -0.3 is 4.74 Å². The highest BCUT2D eigenvalue weighted by Crippen LogP contribution is 2.32. The van der Waals surface area contributed by atoms with Crippen LogP contribution in [0.1, 0.15) is 30.4 Å². The number of benzene rings is 1. The lowest BCUT2D eigenvalue weighted by Gasteiger charge is -2.44. The van der Waals surface area contributed by atoms with Crippen LogP contribution in [0, 0.1) is 5.92 Å². The first-order valence-electron chi connectivity index (χ1n) is 7.39. The Hall–Kier alpha value is -1.02. The molecule has 1 aromatic rings. The number of aryl methyl sites for hydroxylation is 2. The van der Waals surface area contributed by atoms with Crippen LogP contribution >= 0.6 is 0 Å². The van der Waals surface area contributed by atoms with E-state index in [4.69, 9.17) is 4.74 Å². The summed E-state index contributed by atoms with van der Waals surface area (Å²) in [5, 5.41) is 0. The van der Waals surface area contributed by atoms with E-state index in [-0.39, 0.29) is 0 Å². The lowest BCUT2D eigenvalue weighted by molar-refractivity contribution is -0.00778. The van der Waals surface area contributed by atoms with E-state index in [0.29, 0.717) is 6.10 Å². The Balaban J connectivity index is 1.51. The molecular formula is C16H21NO. The van der Waals surface area contributed by atoms with Crippen molar-refractivity contribution in [3.05, 3.63) is 29.3 Å². The summed E-state index contributed by atoms with van der Waals surface area (Å²) < 4.78 is 6.27. The summed E-state index contributed by atoms with van der Waals surface area (Å²) in [5.41, 5.74) is 3.06. The van der Waals surface area contributed by atoms with Crippen LogP contribution in [0.3, 0.4) is 0 Å². The number of hydrogen-bond acceptors (Lipinski definition) is 2. The molecule has 3 fully saturated rings. The zero-order valence-electron chi connectivity index (χ0n) is 10.9. The van der Waals surface area contributed by atoms with Crippen molar-refractivity contribution in [2.45, 2.75) is 38.2 Å². The first-order chi connectivity index (χ1) is 8.88. The quantitative estimate of drug-likeness (QED) is 0.792. The third kappa shape index (κ3) is 1.83. The monoisotopic (exact) mass is 243 g/mol. The molecule has 2 nitrogen and oxygen atoms in total. The average molecular weight is 243 g/mol. The zero-order chi connectivity index (χ0) is 11.9. The second-order valence-electron chi connectivity index (χ2n) is 6.08. The second-order valence-corrected chi connectivity index (χ2v) is 6.08. The molecule has 0 spiro atoms. The zero-order valence-corrected chi connectivity index (χ0v) is 10.9. The Labute approximate surface area is 109 Å². The average Bonchev–Trinajstić information content (AvgIpc) is 2.87. The van der Waals surface area contributed by atoms with E-state index in [0.717, 1.165) is 18.2 Å². The molecular weight excluding hydrogens is 222 g/mol. The van der Waals surface area contributed by atoms with E-state index < -0.39 is 0 Å². The topological polar surface area (TPSA) is 12.5 Å². The van der Waals surface area contributed by atoms with Crippen LogP contribution in [0.15, 0.2) is 18.2 Å². The van der Waals surface area contributed by atoms with Gasteiger partial charge in [-0.05, 0) is 74.4 Å². The number of ether oxygens (including phenoxy) is 1. The predicted molar refractivity (Wildman–Crippen MR) is 72.0 cm³/mol. The number of piperidine rings is 3. The van der Waals surface area contributed by atoms with Gasteiger partial charge in [0.25, 0.3) is 0 Å². The van der Waals surface area contributed by atoms with Gasteiger partial charge in [-0.2, -0.15) is 0 Å². The van der Waals surface area contributed by atoms with Crippen molar-refractivity contribution in [3.63, 3.8) is 0 Å². The predicted octanol–water partition coefficient (Wildman–Crippen LogP) is 2.65. The van der Waals surface area contributed by atoms with Gasteiger partial charge in [0.1, 0.15) is 11.9 Å². The van der Waals surface area contributed by atoms with E-state index in [2.05, 4.69) is 23.1 Å². The molecule has 0 aromatic heterocycles. The number of hydrogen-bond donors (Lipinski definition) is 0. The van der Waals surface area contributed by atoms with Crippen molar-refractivity contribution in [1.29, 1.82) is 0 Å². The van der Waals surface area contributed by atoms with Crippen molar-refractivity contribution in [3.8, 4) is 5.75 Å². The van der Waals surface area contributed by atoms with Crippen LogP contribution in [-0.4, -0.2) is 30.6 Å². The molecule has 3 aliphatic heterocycles. The van der Waals surface area contributed by atoms with Crippen LogP contribution in [0.2, 0.25) is 0 Å². The first kappa shape index (κ1) is 10.9. The Morgan fingerprint density at radius 3 is 2.67 bits per heavy atom. The van der Waals surface area contributed by atoms with Gasteiger partial charge >= 0.3 is 0 Å². The third-order valence-electron chi connectivity index (χ3n) is 4.95. The molecule has 2 heteroatoms. The van der Waals surface area contributed by atoms with Crippen molar-refractivity contribution in [2.75, 3.05) is 19.6 Å². The molecule has 0 radical (unpaired) electrons. The fraction of sp³-hybridized carbons (Fsp3) is 0.625. The highest BCUT2D eigenvalue weighted by Gasteiger charge is 2.35. The Kier molecular flexibility index (Phi) is 2.58. The molecule has 1 aliphatic carbocycles. The maximum atomic E-state index is 6.27. The van der Waals surface area contributed by atoms with Gasteiger partial charge in [0.05, 0.1) is 0 Å². The summed E-state index contributed by atoms with van der Waals surface area (Å²) in [6.07, 6.45) is 6.92. The largest absolute Gasteiger partial charge is 0.489 e. The summed E-state index contributed by atoms with van der Waals surface area (Å²) in [5.74, 6) is 1.90. The van der Waals surface area contributed by atoms with Crippen LogP contribution in [0.25, 0.3) is 0 Å². The lowest BCUT2D eigenvalue weighted by Crippen LogP contribution is -2.52. The van der Waals surface area contributed by atoms with Crippen molar-refractivity contribution >= 4 is 0 Å². The number of rotatable bonds is 2. The number of nitrogens with zero attached hydrogens (tertiary/aromatic N) is 1. The molecule has 2 bridgehead atoms. The molecule has 96 valence electrons. The van der Waals surface area contributed by atoms with E-state index in [1.165, 1.54) is 56.3 Å². The van der Waals surface area contributed by atoms with E-state index in [9.17, 15) is 0 Å². The Morgan fingerprint density at radius 2 is 1.89 bits per heavy atom. The van der Waals surface area contributed by atoms with Crippen LogP contribution in [0.5, 0.6) is 5.75 Å². The standard InChI is InChI=1S/C16H21NO/c1-2-12-4-5-15(10-14(12)3-1)18-16-11-17-8-6-13(16)7-9-17/h4-5,10,13,16H,1-3,6-9,11H2. The summed E-state index contributed by atoms with van der Waals surface area (Å²) in [6.45, 7) is 3.71. The molecule has 3 heterocycles. The van der Waals surface area contributed by atoms with E-state index in [1.807, 2.05) is 0 Å². The molecule has 0 saturated carbocycles. The van der Waals surface area contributed by atoms with Gasteiger partial charge in [-0.25, -0.2) is 0 Å². The molecule has 4 aliphatic rings. The van der Waals surface area contributed by atoms with Gasteiger partial charge in [-0.15, -0.1) is 0 Å². The van der Waals surface area contributed by atoms with Crippen molar-refractivity contribution < 1.29 is 4.74 Å². The van der Waals surface area contributed by atoms with E-state index >= 15 is 0 Å². The highest BCUT2D eigenvalue weighted by molar-refractivity contribution is 5.38. The molecule has 1 unspecified atom stereocenters. The summed E-state index contributed by atoms with van der Waals surface area (Å²) in [4.78, 5) is 2.55. The maximum Gasteiger partial charge on any atom is 0.120 e. The van der Waals surface area contributed by atoms with Gasteiger partial charge in [0, 0.05) is 6.54 Å². The molecule has 18 heavy (non-hydrogen) atoms. The van der Waals surface area contributed by atoms with Crippen LogP contribution in [-0.2, 0) is 12.8 Å². The minimum absolute atomic E-state index is 0.437. The summed E-state index contributed by atoms with van der Waals surface area (Å²) in [6, 6.07) is 6.75. The molecule has 1 atom stereocenters. The fourth-order valence-electron chi connectivity index (χ4n) is 3.84. The van der Waals surface area contributed by atoms with E-state index in [1.54, 1.807) is 0 Å². The molecule has 1 aromatic carbocycles. The van der Waals surface area contributed by atoms with Gasteiger partial charge in [-0.1, -0.05) is 6.07 Å². The molecule has 0 amide bonds. The van der Waals surface area contributed by atoms with Crippen molar-refractivity contribution in [1.82, 2.24) is 4.90 Å². The molecule has 0 N–H and O–H groups in total. The van der Waals surface area contributed by atoms with Crippen LogP contribution in [0.4, 0.5) is 0 Å². The van der Waals surface area contributed by atoms with Gasteiger partial charge in [0.2, 0.25) is 0 Å². The normalized spacial score (nSPS) is 33.4. The Bertz CT molecular complexity index is 448. The van der Waals surface area contributed by atoms with Gasteiger partial charge in [0.15, 0.2) is 0 Å². The van der Waals surface area contributed by atoms with Gasteiger partial charge in [-0.3, -0.25) is 4.90 Å². The molecule has 5 rings (SSSR count). The summed E-state index contributed by atoms with van der Waals surface area (Å²) in [7, 11) is 0. The highest BCUT2D eigenvalue weighted by atomic mass is 16.5. The second kappa shape index (κ2) is 4.27. The smallest absolute Gasteiger partial charge is 0.120 e. The SMILES string of the molecule is c1cc2c(cc1OC1CN3CCC1CC3)CCC2. The Morgan fingerprint density at radius 1 is 1.06 bits per heavy atom. The molecule has 3 saturated heterocycles. The fourth-order valence-corrected chi connectivity index (χ4v) is 3.84. The minimum Gasteiger partial charge on any atom is -0.489 e. The third-order valence-corrected chi connectivity index (χ3v) is 4.95. The summed E-state index contributed by atoms with van der Waals surface area (Å²) >= 11 is 0. The first-order valence-corrected chi connectivity index (χ1v) is 7.39. The van der Waals surface area contributed by atoms with Crippen molar-refractivity contribution in [2.24, 2.45) is 5.92 Å². The number of fused-ring (bicyclic) bond motifs is 4. The minimum atomic E-state index is 0.437.